The third kappa shape index (κ3) is 4.85. The van der Waals surface area contributed by atoms with Crippen molar-refractivity contribution in [2.45, 2.75) is 26.2 Å². The monoisotopic (exact) mass is 490 g/mol. The minimum absolute atomic E-state index is 0.0688. The van der Waals surface area contributed by atoms with Crippen LogP contribution in [-0.2, 0) is 11.2 Å². The molecule has 0 unspecified atom stereocenters. The van der Waals surface area contributed by atoms with E-state index in [0.29, 0.717) is 41.9 Å². The van der Waals surface area contributed by atoms with Crippen molar-refractivity contribution in [2.24, 2.45) is 5.10 Å². The van der Waals surface area contributed by atoms with E-state index >= 15 is 0 Å². The molecule has 1 aliphatic carbocycles. The SMILES string of the molecule is COC(=O)c1ccccc1NC(=O)c1oc2c(c1C)/C(=N/NC(=O)c1cccc([N+](=O)[O-])c1)CCC2. The number of nitro benzene ring substituents is 1. The highest BCUT2D eigenvalue weighted by Crippen LogP contribution is 2.30. The summed E-state index contributed by atoms with van der Waals surface area (Å²) in [5.74, 6) is -1.10. The number of nitrogens with one attached hydrogen (secondary N) is 2. The molecule has 1 heterocycles. The van der Waals surface area contributed by atoms with Crippen LogP contribution >= 0.6 is 0 Å². The second kappa shape index (κ2) is 10.2. The molecular weight excluding hydrogens is 468 g/mol. The van der Waals surface area contributed by atoms with Crippen molar-refractivity contribution in [3.05, 3.63) is 92.4 Å². The molecule has 2 aromatic carbocycles. The molecule has 11 nitrogen and oxygen atoms in total. The molecule has 0 spiro atoms. The zero-order valence-electron chi connectivity index (χ0n) is 19.5. The number of methoxy groups -OCH3 is 1. The van der Waals surface area contributed by atoms with Crippen LogP contribution in [0.25, 0.3) is 0 Å². The molecule has 4 rings (SSSR count). The number of amides is 2. The maximum absolute atomic E-state index is 13.0. The summed E-state index contributed by atoms with van der Waals surface area (Å²) in [5, 5.41) is 17.9. The standard InChI is InChI=1S/C25H22N4O7/c1-14-21-19(27-28-23(30)15-7-5-8-16(13-15)29(33)34)11-6-12-20(21)36-22(14)24(31)26-18-10-4-3-9-17(18)25(32)35-2/h3-5,7-10,13H,6,11-12H2,1-2H3,(H,26,31)(H,28,30)/b27-19+. The van der Waals surface area contributed by atoms with E-state index in [2.05, 4.69) is 15.8 Å². The molecule has 0 aliphatic heterocycles. The number of esters is 1. The third-order valence-corrected chi connectivity index (χ3v) is 5.72. The summed E-state index contributed by atoms with van der Waals surface area (Å²) >= 11 is 0. The van der Waals surface area contributed by atoms with Gasteiger partial charge in [0.1, 0.15) is 5.76 Å². The van der Waals surface area contributed by atoms with Crippen LogP contribution < -0.4 is 10.7 Å². The van der Waals surface area contributed by atoms with Gasteiger partial charge in [0.2, 0.25) is 0 Å². The van der Waals surface area contributed by atoms with Crippen molar-refractivity contribution in [3.63, 3.8) is 0 Å². The number of carbonyl (C=O) groups excluding carboxylic acids is 3. The first-order chi connectivity index (χ1) is 17.3. The van der Waals surface area contributed by atoms with Gasteiger partial charge < -0.3 is 14.5 Å². The molecule has 0 saturated carbocycles. The Morgan fingerprint density at radius 1 is 1.08 bits per heavy atom. The van der Waals surface area contributed by atoms with Gasteiger partial charge in [-0.15, -0.1) is 0 Å². The van der Waals surface area contributed by atoms with Crippen LogP contribution in [0.4, 0.5) is 11.4 Å². The number of rotatable bonds is 6. The van der Waals surface area contributed by atoms with E-state index in [1.54, 1.807) is 25.1 Å². The summed E-state index contributed by atoms with van der Waals surface area (Å²) in [6.45, 7) is 1.71. The van der Waals surface area contributed by atoms with Gasteiger partial charge in [0.25, 0.3) is 17.5 Å². The zero-order chi connectivity index (χ0) is 25.8. The summed E-state index contributed by atoms with van der Waals surface area (Å²) in [6.07, 6.45) is 1.81. The Hall–Kier alpha value is -4.80. The van der Waals surface area contributed by atoms with Crippen LogP contribution in [0.3, 0.4) is 0 Å². The van der Waals surface area contributed by atoms with Gasteiger partial charge in [-0.2, -0.15) is 5.10 Å². The summed E-state index contributed by atoms with van der Waals surface area (Å²) in [7, 11) is 1.25. The Labute approximate surface area is 205 Å². The Balaban J connectivity index is 1.57. The highest BCUT2D eigenvalue weighted by Gasteiger charge is 2.29. The minimum Gasteiger partial charge on any atom is -0.465 e. The number of benzene rings is 2. The van der Waals surface area contributed by atoms with Crippen molar-refractivity contribution in [2.75, 3.05) is 12.4 Å². The van der Waals surface area contributed by atoms with Crippen LogP contribution in [0.1, 0.15) is 61.0 Å². The van der Waals surface area contributed by atoms with Crippen molar-refractivity contribution in [1.29, 1.82) is 0 Å². The first kappa shape index (κ1) is 24.3. The molecule has 3 aromatic rings. The van der Waals surface area contributed by atoms with Crippen LogP contribution in [-0.4, -0.2) is 35.5 Å². The molecule has 36 heavy (non-hydrogen) atoms. The number of hydrazone groups is 1. The summed E-state index contributed by atoms with van der Waals surface area (Å²) in [6, 6.07) is 11.8. The lowest BCUT2D eigenvalue weighted by Gasteiger charge is -2.13. The van der Waals surface area contributed by atoms with Crippen LogP contribution in [0.2, 0.25) is 0 Å². The molecule has 184 valence electrons. The predicted molar refractivity (Wildman–Crippen MR) is 129 cm³/mol. The van der Waals surface area contributed by atoms with Crippen molar-refractivity contribution < 1.29 is 28.5 Å². The molecule has 0 fully saturated rings. The largest absolute Gasteiger partial charge is 0.465 e. The van der Waals surface area contributed by atoms with Gasteiger partial charge in [-0.25, -0.2) is 10.2 Å². The summed E-state index contributed by atoms with van der Waals surface area (Å²) < 4.78 is 10.6. The van der Waals surface area contributed by atoms with Gasteiger partial charge in [0, 0.05) is 35.2 Å². The number of fused-ring (bicyclic) bond motifs is 1. The molecular formula is C25H22N4O7. The molecule has 0 atom stereocenters. The van der Waals surface area contributed by atoms with Crippen LogP contribution in [0.15, 0.2) is 58.0 Å². The van der Waals surface area contributed by atoms with E-state index in [0.717, 1.165) is 0 Å². The lowest BCUT2D eigenvalue weighted by molar-refractivity contribution is -0.384. The van der Waals surface area contributed by atoms with Gasteiger partial charge in [-0.3, -0.25) is 19.7 Å². The van der Waals surface area contributed by atoms with E-state index in [-0.39, 0.29) is 28.3 Å². The third-order valence-electron chi connectivity index (χ3n) is 5.72. The maximum atomic E-state index is 13.0. The van der Waals surface area contributed by atoms with Gasteiger partial charge in [0.05, 0.1) is 29.0 Å². The first-order valence-electron chi connectivity index (χ1n) is 11.0. The van der Waals surface area contributed by atoms with E-state index < -0.39 is 22.7 Å². The number of para-hydroxylation sites is 1. The molecule has 0 radical (unpaired) electrons. The average Bonchev–Trinajstić information content (AvgIpc) is 3.24. The molecule has 2 N–H and O–H groups in total. The van der Waals surface area contributed by atoms with Gasteiger partial charge in [-0.05, 0) is 38.0 Å². The molecule has 1 aromatic heterocycles. The minimum atomic E-state index is -0.600. The average molecular weight is 490 g/mol. The van der Waals surface area contributed by atoms with Gasteiger partial charge >= 0.3 is 5.97 Å². The maximum Gasteiger partial charge on any atom is 0.339 e. The molecule has 2 amide bonds. The van der Waals surface area contributed by atoms with E-state index in [4.69, 9.17) is 9.15 Å². The Morgan fingerprint density at radius 3 is 2.61 bits per heavy atom. The topological polar surface area (TPSA) is 153 Å². The molecule has 11 heteroatoms. The number of nitro groups is 1. The number of nitrogens with zero attached hydrogens (tertiary/aromatic N) is 2. The van der Waals surface area contributed by atoms with E-state index in [1.165, 1.54) is 37.4 Å². The number of hydrogen-bond donors (Lipinski definition) is 2. The number of ether oxygens (including phenoxy) is 1. The number of carbonyl (C=O) groups is 3. The van der Waals surface area contributed by atoms with Gasteiger partial charge in [-0.1, -0.05) is 18.2 Å². The lowest BCUT2D eigenvalue weighted by Crippen LogP contribution is -2.22. The van der Waals surface area contributed by atoms with Gasteiger partial charge in [0.15, 0.2) is 5.76 Å². The Bertz CT molecular complexity index is 1410. The van der Waals surface area contributed by atoms with Crippen molar-refractivity contribution >= 4 is 34.9 Å². The normalized spacial score (nSPS) is 13.6. The number of anilines is 1. The Kier molecular flexibility index (Phi) is 6.91. The fourth-order valence-electron chi connectivity index (χ4n) is 4.00. The quantitative estimate of drug-likeness (QED) is 0.301. The van der Waals surface area contributed by atoms with Crippen molar-refractivity contribution in [3.8, 4) is 0 Å². The van der Waals surface area contributed by atoms with E-state index in [1.807, 2.05) is 0 Å². The first-order valence-corrected chi connectivity index (χ1v) is 11.0. The number of hydrogen-bond acceptors (Lipinski definition) is 8. The lowest BCUT2D eigenvalue weighted by atomic mass is 9.93. The number of furan rings is 1. The fourth-order valence-corrected chi connectivity index (χ4v) is 4.00. The molecule has 0 saturated heterocycles. The molecule has 1 aliphatic rings. The zero-order valence-corrected chi connectivity index (χ0v) is 19.5. The summed E-state index contributed by atoms with van der Waals surface area (Å²) in [4.78, 5) is 48.0. The second-order valence-corrected chi connectivity index (χ2v) is 8.01. The fraction of sp³-hybridized carbons (Fsp3) is 0.200. The highest BCUT2D eigenvalue weighted by molar-refractivity contribution is 6.11. The van der Waals surface area contributed by atoms with E-state index in [9.17, 15) is 24.5 Å². The Morgan fingerprint density at radius 2 is 1.86 bits per heavy atom. The van der Waals surface area contributed by atoms with Crippen molar-refractivity contribution in [1.82, 2.24) is 5.43 Å². The van der Waals surface area contributed by atoms with Crippen LogP contribution in [0.5, 0.6) is 0 Å². The number of non-ortho nitro benzene ring substituents is 1. The number of aryl methyl sites for hydroxylation is 1. The van der Waals surface area contributed by atoms with Crippen LogP contribution in [0, 0.1) is 17.0 Å². The summed E-state index contributed by atoms with van der Waals surface area (Å²) in [5.41, 5.74) is 4.52. The smallest absolute Gasteiger partial charge is 0.339 e. The highest BCUT2D eigenvalue weighted by atomic mass is 16.6. The second-order valence-electron chi connectivity index (χ2n) is 8.01. The predicted octanol–water partition coefficient (Wildman–Crippen LogP) is 4.01. The molecule has 0 bridgehead atoms.